The molecule has 0 saturated heterocycles. The number of rotatable bonds is 6. The van der Waals surface area contributed by atoms with Gasteiger partial charge in [0.15, 0.2) is 0 Å². The third-order valence-corrected chi connectivity index (χ3v) is 4.16. The van der Waals surface area contributed by atoms with Gasteiger partial charge in [-0.25, -0.2) is 0 Å². The van der Waals surface area contributed by atoms with Gasteiger partial charge in [-0.1, -0.05) is 0 Å². The van der Waals surface area contributed by atoms with Gasteiger partial charge in [0.05, 0.1) is 19.4 Å². The molecular weight excluding hydrogens is 254 g/mol. The van der Waals surface area contributed by atoms with E-state index in [1.807, 2.05) is 26.2 Å². The summed E-state index contributed by atoms with van der Waals surface area (Å²) in [6, 6.07) is 4.86. The Bertz CT molecular complexity index is 397. The van der Waals surface area contributed by atoms with Gasteiger partial charge in [-0.05, 0) is 51.9 Å². The molecule has 0 aromatic carbocycles. The second-order valence-electron chi connectivity index (χ2n) is 5.57. The lowest BCUT2D eigenvalue weighted by Crippen LogP contribution is -2.44. The first-order valence-corrected chi connectivity index (χ1v) is 7.35. The standard InChI is InChI=1S/C15H25N3O2/c1-16-12-5-7-13(8-6-12)18(2)11-15(19)17-10-14-4-3-9-20-14/h3-4,9,12-13,16H,5-8,10-11H2,1-2H3,(H,17,19). The van der Waals surface area contributed by atoms with Gasteiger partial charge in [-0.3, -0.25) is 9.69 Å². The molecule has 5 heteroatoms. The van der Waals surface area contributed by atoms with E-state index in [4.69, 9.17) is 4.42 Å². The van der Waals surface area contributed by atoms with Crippen molar-refractivity contribution in [2.75, 3.05) is 20.6 Å². The quantitative estimate of drug-likeness (QED) is 0.825. The summed E-state index contributed by atoms with van der Waals surface area (Å²) in [5, 5.41) is 6.22. The van der Waals surface area contributed by atoms with Crippen molar-refractivity contribution in [1.29, 1.82) is 0 Å². The number of amides is 1. The number of likely N-dealkylation sites (N-methyl/N-ethyl adjacent to an activating group) is 1. The molecule has 1 heterocycles. The van der Waals surface area contributed by atoms with Crippen LogP contribution >= 0.6 is 0 Å². The number of furan rings is 1. The van der Waals surface area contributed by atoms with Crippen molar-refractivity contribution in [2.45, 2.75) is 44.3 Å². The average Bonchev–Trinajstić information content (AvgIpc) is 2.98. The molecule has 0 atom stereocenters. The predicted molar refractivity (Wildman–Crippen MR) is 78.3 cm³/mol. The second kappa shape index (κ2) is 7.45. The molecule has 5 nitrogen and oxygen atoms in total. The summed E-state index contributed by atoms with van der Waals surface area (Å²) in [7, 11) is 4.06. The zero-order chi connectivity index (χ0) is 14.4. The summed E-state index contributed by atoms with van der Waals surface area (Å²) in [4.78, 5) is 14.1. The van der Waals surface area contributed by atoms with Gasteiger partial charge >= 0.3 is 0 Å². The SMILES string of the molecule is CNC1CCC(N(C)CC(=O)NCc2ccco2)CC1. The smallest absolute Gasteiger partial charge is 0.234 e. The Morgan fingerprint density at radius 3 is 2.75 bits per heavy atom. The van der Waals surface area contributed by atoms with Crippen molar-refractivity contribution in [3.05, 3.63) is 24.2 Å². The maximum Gasteiger partial charge on any atom is 0.234 e. The van der Waals surface area contributed by atoms with Gasteiger partial charge in [-0.15, -0.1) is 0 Å². The summed E-state index contributed by atoms with van der Waals surface area (Å²) in [6.07, 6.45) is 6.33. The van der Waals surface area contributed by atoms with Gasteiger partial charge in [-0.2, -0.15) is 0 Å². The Hall–Kier alpha value is -1.33. The minimum absolute atomic E-state index is 0.0552. The van der Waals surface area contributed by atoms with Crippen LogP contribution in [0.3, 0.4) is 0 Å². The van der Waals surface area contributed by atoms with Crippen LogP contribution in [0, 0.1) is 0 Å². The van der Waals surface area contributed by atoms with Crippen LogP contribution in [0.5, 0.6) is 0 Å². The Kier molecular flexibility index (Phi) is 5.61. The third kappa shape index (κ3) is 4.35. The van der Waals surface area contributed by atoms with Crippen LogP contribution in [0.4, 0.5) is 0 Å². The molecule has 0 spiro atoms. The fourth-order valence-corrected chi connectivity index (χ4v) is 2.82. The normalized spacial score (nSPS) is 22.9. The first kappa shape index (κ1) is 15.1. The van der Waals surface area contributed by atoms with E-state index in [0.29, 0.717) is 25.2 Å². The Balaban J connectivity index is 1.68. The van der Waals surface area contributed by atoms with Crippen LogP contribution in [0.15, 0.2) is 22.8 Å². The molecule has 1 aliphatic rings. The first-order chi connectivity index (χ1) is 9.69. The molecule has 0 radical (unpaired) electrons. The second-order valence-corrected chi connectivity index (χ2v) is 5.57. The van der Waals surface area contributed by atoms with E-state index >= 15 is 0 Å². The minimum atomic E-state index is 0.0552. The number of nitrogens with one attached hydrogen (secondary N) is 2. The van der Waals surface area contributed by atoms with E-state index in [-0.39, 0.29) is 5.91 Å². The number of carbonyl (C=O) groups is 1. The molecule has 20 heavy (non-hydrogen) atoms. The topological polar surface area (TPSA) is 57.5 Å². The van der Waals surface area contributed by atoms with Crippen molar-refractivity contribution in [1.82, 2.24) is 15.5 Å². The van der Waals surface area contributed by atoms with Crippen LogP contribution in [0.25, 0.3) is 0 Å². The number of nitrogens with zero attached hydrogens (tertiary/aromatic N) is 1. The van der Waals surface area contributed by atoms with Crippen LogP contribution < -0.4 is 10.6 Å². The number of carbonyl (C=O) groups excluding carboxylic acids is 1. The lowest BCUT2D eigenvalue weighted by atomic mass is 9.90. The third-order valence-electron chi connectivity index (χ3n) is 4.16. The van der Waals surface area contributed by atoms with E-state index in [9.17, 15) is 4.79 Å². The van der Waals surface area contributed by atoms with Crippen LogP contribution in [0.1, 0.15) is 31.4 Å². The zero-order valence-electron chi connectivity index (χ0n) is 12.4. The summed E-state index contributed by atoms with van der Waals surface area (Å²) < 4.78 is 5.19. The van der Waals surface area contributed by atoms with Crippen molar-refractivity contribution in [3.8, 4) is 0 Å². The van der Waals surface area contributed by atoms with Crippen molar-refractivity contribution >= 4 is 5.91 Å². The average molecular weight is 279 g/mol. The largest absolute Gasteiger partial charge is 0.467 e. The molecule has 1 amide bonds. The minimum Gasteiger partial charge on any atom is -0.467 e. The molecule has 1 aliphatic carbocycles. The molecule has 1 aromatic heterocycles. The molecule has 1 fully saturated rings. The lowest BCUT2D eigenvalue weighted by Gasteiger charge is -2.34. The van der Waals surface area contributed by atoms with E-state index < -0.39 is 0 Å². The highest BCUT2D eigenvalue weighted by Gasteiger charge is 2.24. The highest BCUT2D eigenvalue weighted by molar-refractivity contribution is 5.77. The Morgan fingerprint density at radius 1 is 1.40 bits per heavy atom. The molecule has 0 bridgehead atoms. The lowest BCUT2D eigenvalue weighted by molar-refractivity contribution is -0.122. The zero-order valence-corrected chi connectivity index (χ0v) is 12.4. The van der Waals surface area contributed by atoms with Crippen LogP contribution in [-0.2, 0) is 11.3 Å². The summed E-state index contributed by atoms with van der Waals surface area (Å²) in [6.45, 7) is 0.918. The fraction of sp³-hybridized carbons (Fsp3) is 0.667. The molecule has 1 saturated carbocycles. The molecule has 1 aromatic rings. The Labute approximate surface area is 120 Å². The summed E-state index contributed by atoms with van der Waals surface area (Å²) in [5.41, 5.74) is 0. The molecule has 2 rings (SSSR count). The van der Waals surface area contributed by atoms with Crippen molar-refractivity contribution in [3.63, 3.8) is 0 Å². The molecular formula is C15H25N3O2. The Morgan fingerprint density at radius 2 is 2.15 bits per heavy atom. The van der Waals surface area contributed by atoms with E-state index in [2.05, 4.69) is 15.5 Å². The van der Waals surface area contributed by atoms with E-state index in [0.717, 1.165) is 18.6 Å². The van der Waals surface area contributed by atoms with Gasteiger partial charge in [0.2, 0.25) is 5.91 Å². The monoisotopic (exact) mass is 279 g/mol. The fourth-order valence-electron chi connectivity index (χ4n) is 2.82. The number of hydrogen-bond donors (Lipinski definition) is 2. The van der Waals surface area contributed by atoms with E-state index in [1.165, 1.54) is 12.8 Å². The van der Waals surface area contributed by atoms with Gasteiger partial charge in [0.25, 0.3) is 0 Å². The molecule has 0 unspecified atom stereocenters. The molecule has 2 N–H and O–H groups in total. The van der Waals surface area contributed by atoms with Crippen molar-refractivity contribution in [2.24, 2.45) is 0 Å². The highest BCUT2D eigenvalue weighted by Crippen LogP contribution is 2.21. The molecule has 0 aliphatic heterocycles. The first-order valence-electron chi connectivity index (χ1n) is 7.35. The highest BCUT2D eigenvalue weighted by atomic mass is 16.3. The summed E-state index contributed by atoms with van der Waals surface area (Å²) >= 11 is 0. The van der Waals surface area contributed by atoms with Crippen molar-refractivity contribution < 1.29 is 9.21 Å². The van der Waals surface area contributed by atoms with Gasteiger partial charge in [0, 0.05) is 12.1 Å². The maximum absolute atomic E-state index is 11.9. The van der Waals surface area contributed by atoms with Crippen LogP contribution in [-0.4, -0.2) is 43.5 Å². The van der Waals surface area contributed by atoms with Gasteiger partial charge < -0.3 is 15.1 Å². The number of hydrogen-bond acceptors (Lipinski definition) is 4. The predicted octanol–water partition coefficient (Wildman–Crippen LogP) is 1.36. The van der Waals surface area contributed by atoms with E-state index in [1.54, 1.807) is 6.26 Å². The molecule has 112 valence electrons. The van der Waals surface area contributed by atoms with Crippen LogP contribution in [0.2, 0.25) is 0 Å². The maximum atomic E-state index is 11.9. The summed E-state index contributed by atoms with van der Waals surface area (Å²) in [5.74, 6) is 0.843. The van der Waals surface area contributed by atoms with Gasteiger partial charge in [0.1, 0.15) is 5.76 Å².